The summed E-state index contributed by atoms with van der Waals surface area (Å²) in [6.45, 7) is 7.34. The third-order valence-electron chi connectivity index (χ3n) is 2.71. The lowest BCUT2D eigenvalue weighted by Gasteiger charge is -2.24. The van der Waals surface area contributed by atoms with Crippen LogP contribution in [-0.2, 0) is 14.8 Å². The molecule has 1 aromatic carbocycles. The van der Waals surface area contributed by atoms with Crippen LogP contribution in [0.5, 0.6) is 0 Å². The normalized spacial score (nSPS) is 13.6. The number of carbonyl (C=O) groups excluding carboxylic acids is 1. The highest BCUT2D eigenvalue weighted by molar-refractivity contribution is 7.89. The number of hydrogen-bond acceptors (Lipinski definition) is 4. The minimum atomic E-state index is -3.58. The second-order valence-electron chi connectivity index (χ2n) is 5.81. The molecule has 6 nitrogen and oxygen atoms in total. The van der Waals surface area contributed by atoms with Crippen molar-refractivity contribution >= 4 is 21.6 Å². The Morgan fingerprint density at radius 1 is 1.19 bits per heavy atom. The third-order valence-corrected chi connectivity index (χ3v) is 4.18. The van der Waals surface area contributed by atoms with Gasteiger partial charge in [0.15, 0.2) is 0 Å². The van der Waals surface area contributed by atoms with Gasteiger partial charge in [-0.15, -0.1) is 0 Å². The van der Waals surface area contributed by atoms with Crippen molar-refractivity contribution in [3.63, 3.8) is 0 Å². The molecule has 0 aromatic heterocycles. The maximum Gasteiger partial charge on any atom is 0.242 e. The molecule has 1 atom stereocenters. The van der Waals surface area contributed by atoms with Gasteiger partial charge in [-0.05, 0) is 46.9 Å². The summed E-state index contributed by atoms with van der Waals surface area (Å²) < 4.78 is 26.2. The van der Waals surface area contributed by atoms with E-state index in [1.54, 1.807) is 25.1 Å². The summed E-state index contributed by atoms with van der Waals surface area (Å²) in [5, 5.41) is 5.79. The Bertz CT molecular complexity index is 606. The van der Waals surface area contributed by atoms with Crippen LogP contribution in [0, 0.1) is 0 Å². The molecule has 0 bridgehead atoms. The standard InChI is InChI=1S/C14H23N3O3S/c1-10(13(18)17-14(2,3)4)16-11-8-6-7-9-12(11)21(19,20)15-5/h6-10,15-16H,1-5H3,(H,17,18). The van der Waals surface area contributed by atoms with E-state index in [0.717, 1.165) is 0 Å². The third kappa shape index (κ3) is 5.02. The summed E-state index contributed by atoms with van der Waals surface area (Å²) in [7, 11) is -2.23. The molecule has 0 aliphatic heterocycles. The van der Waals surface area contributed by atoms with Crippen LogP contribution in [-0.4, -0.2) is 33.0 Å². The smallest absolute Gasteiger partial charge is 0.242 e. The van der Waals surface area contributed by atoms with E-state index < -0.39 is 16.1 Å². The van der Waals surface area contributed by atoms with Crippen molar-refractivity contribution in [3.05, 3.63) is 24.3 Å². The van der Waals surface area contributed by atoms with E-state index in [1.165, 1.54) is 13.1 Å². The zero-order valence-electron chi connectivity index (χ0n) is 13.0. The molecule has 1 aromatic rings. The first-order valence-electron chi connectivity index (χ1n) is 6.68. The van der Waals surface area contributed by atoms with Crippen molar-refractivity contribution in [2.24, 2.45) is 0 Å². The van der Waals surface area contributed by atoms with Gasteiger partial charge >= 0.3 is 0 Å². The average Bonchev–Trinajstić information content (AvgIpc) is 2.37. The second kappa shape index (κ2) is 6.44. The topological polar surface area (TPSA) is 87.3 Å². The molecule has 0 aliphatic rings. The van der Waals surface area contributed by atoms with Gasteiger partial charge in [-0.3, -0.25) is 4.79 Å². The van der Waals surface area contributed by atoms with E-state index in [2.05, 4.69) is 15.4 Å². The Kier molecular flexibility index (Phi) is 5.36. The van der Waals surface area contributed by atoms with Crippen LogP contribution in [0.3, 0.4) is 0 Å². The monoisotopic (exact) mass is 313 g/mol. The summed E-state index contributed by atoms with van der Waals surface area (Å²) in [6, 6.07) is 5.91. The number of hydrogen-bond donors (Lipinski definition) is 3. The predicted molar refractivity (Wildman–Crippen MR) is 83.7 cm³/mol. The van der Waals surface area contributed by atoms with Crippen LogP contribution in [0.15, 0.2) is 29.2 Å². The predicted octanol–water partition coefficient (Wildman–Crippen LogP) is 1.31. The summed E-state index contributed by atoms with van der Waals surface area (Å²) in [5.41, 5.74) is 0.0484. The molecule has 0 radical (unpaired) electrons. The van der Waals surface area contributed by atoms with Gasteiger partial charge < -0.3 is 10.6 Å². The van der Waals surface area contributed by atoms with Gasteiger partial charge in [-0.25, -0.2) is 13.1 Å². The van der Waals surface area contributed by atoms with E-state index in [-0.39, 0.29) is 16.3 Å². The van der Waals surface area contributed by atoms with Crippen LogP contribution in [0.2, 0.25) is 0 Å². The number of nitrogens with one attached hydrogen (secondary N) is 3. The fourth-order valence-corrected chi connectivity index (χ4v) is 2.60. The number of para-hydroxylation sites is 1. The number of carbonyl (C=O) groups is 1. The van der Waals surface area contributed by atoms with Crippen molar-refractivity contribution in [3.8, 4) is 0 Å². The van der Waals surface area contributed by atoms with Crippen molar-refractivity contribution in [2.75, 3.05) is 12.4 Å². The van der Waals surface area contributed by atoms with Crippen molar-refractivity contribution in [1.29, 1.82) is 0 Å². The first-order valence-corrected chi connectivity index (χ1v) is 8.16. The Morgan fingerprint density at radius 2 is 1.76 bits per heavy atom. The van der Waals surface area contributed by atoms with Gasteiger partial charge in [0.25, 0.3) is 0 Å². The Morgan fingerprint density at radius 3 is 2.29 bits per heavy atom. The molecular formula is C14H23N3O3S. The maximum absolute atomic E-state index is 12.1. The van der Waals surface area contributed by atoms with Crippen LogP contribution < -0.4 is 15.4 Å². The van der Waals surface area contributed by atoms with Crippen molar-refractivity contribution in [1.82, 2.24) is 10.0 Å². The lowest BCUT2D eigenvalue weighted by atomic mass is 10.1. The number of amides is 1. The summed E-state index contributed by atoms with van der Waals surface area (Å²) in [4.78, 5) is 12.2. The molecule has 0 saturated carbocycles. The molecule has 21 heavy (non-hydrogen) atoms. The van der Waals surface area contributed by atoms with Crippen LogP contribution >= 0.6 is 0 Å². The van der Waals surface area contributed by atoms with Crippen LogP contribution in [0.4, 0.5) is 5.69 Å². The molecule has 0 saturated heterocycles. The molecule has 1 unspecified atom stereocenters. The van der Waals surface area contributed by atoms with Gasteiger partial charge in [0.1, 0.15) is 10.9 Å². The highest BCUT2D eigenvalue weighted by atomic mass is 32.2. The number of benzene rings is 1. The summed E-state index contributed by atoms with van der Waals surface area (Å²) >= 11 is 0. The quantitative estimate of drug-likeness (QED) is 0.765. The number of sulfonamides is 1. The van der Waals surface area contributed by atoms with Gasteiger partial charge in [-0.2, -0.15) is 0 Å². The zero-order valence-corrected chi connectivity index (χ0v) is 13.8. The molecule has 118 valence electrons. The van der Waals surface area contributed by atoms with Gasteiger partial charge in [0, 0.05) is 5.54 Å². The van der Waals surface area contributed by atoms with Crippen LogP contribution in [0.25, 0.3) is 0 Å². The highest BCUT2D eigenvalue weighted by Gasteiger charge is 2.22. The molecule has 0 heterocycles. The zero-order chi connectivity index (χ0) is 16.3. The Balaban J connectivity index is 2.97. The fourth-order valence-electron chi connectivity index (χ4n) is 1.71. The SMILES string of the molecule is CNS(=O)(=O)c1ccccc1NC(C)C(=O)NC(C)(C)C. The molecule has 0 spiro atoms. The molecule has 7 heteroatoms. The Hall–Kier alpha value is -1.60. The maximum atomic E-state index is 12.1. The average molecular weight is 313 g/mol. The second-order valence-corrected chi connectivity index (χ2v) is 7.66. The van der Waals surface area contributed by atoms with Gasteiger partial charge in [0.05, 0.1) is 5.69 Å². The van der Waals surface area contributed by atoms with E-state index in [1.807, 2.05) is 20.8 Å². The first kappa shape index (κ1) is 17.5. The Labute approximate surface area is 126 Å². The minimum Gasteiger partial charge on any atom is -0.373 e. The lowest BCUT2D eigenvalue weighted by molar-refractivity contribution is -0.122. The lowest BCUT2D eigenvalue weighted by Crippen LogP contribution is -2.47. The molecule has 0 aliphatic carbocycles. The molecule has 1 rings (SSSR count). The van der Waals surface area contributed by atoms with E-state index in [4.69, 9.17) is 0 Å². The van der Waals surface area contributed by atoms with Crippen molar-refractivity contribution < 1.29 is 13.2 Å². The van der Waals surface area contributed by atoms with Gasteiger partial charge in [-0.1, -0.05) is 12.1 Å². The molecule has 3 N–H and O–H groups in total. The first-order chi connectivity index (χ1) is 9.57. The number of rotatable bonds is 5. The fraction of sp³-hybridized carbons (Fsp3) is 0.500. The summed E-state index contributed by atoms with van der Waals surface area (Å²) in [6.07, 6.45) is 0. The highest BCUT2D eigenvalue weighted by Crippen LogP contribution is 2.21. The molecular weight excluding hydrogens is 290 g/mol. The van der Waals surface area contributed by atoms with Crippen LogP contribution in [0.1, 0.15) is 27.7 Å². The van der Waals surface area contributed by atoms with E-state index >= 15 is 0 Å². The minimum absolute atomic E-state index is 0.114. The number of anilines is 1. The largest absolute Gasteiger partial charge is 0.373 e. The summed E-state index contributed by atoms with van der Waals surface area (Å²) in [5.74, 6) is -0.195. The van der Waals surface area contributed by atoms with E-state index in [0.29, 0.717) is 5.69 Å². The van der Waals surface area contributed by atoms with Gasteiger partial charge in [0.2, 0.25) is 15.9 Å². The molecule has 1 amide bonds. The molecule has 0 fully saturated rings. The van der Waals surface area contributed by atoms with E-state index in [9.17, 15) is 13.2 Å². The van der Waals surface area contributed by atoms with Crippen molar-refractivity contribution in [2.45, 2.75) is 44.2 Å².